The lowest BCUT2D eigenvalue weighted by Gasteiger charge is -2.23. The van der Waals surface area contributed by atoms with Gasteiger partial charge in [-0.05, 0) is 18.1 Å². The fourth-order valence-electron chi connectivity index (χ4n) is 1.93. The van der Waals surface area contributed by atoms with Crippen LogP contribution in [0.4, 0.5) is 5.82 Å². The minimum atomic E-state index is -0.263. The van der Waals surface area contributed by atoms with Crippen molar-refractivity contribution in [2.24, 2.45) is 5.73 Å². The second-order valence-corrected chi connectivity index (χ2v) is 6.59. The standard InChI is InChI=1S/C14H17BrN4OS/c1-2-10(16)13(8-5-3-4-6-9(8)15)21-14-18-11(17)7-12(20)19-14/h3-7,10,13H,2,16H2,1H3,(H3,17,18,19,20). The van der Waals surface area contributed by atoms with Gasteiger partial charge in [-0.2, -0.15) is 0 Å². The van der Waals surface area contributed by atoms with Crippen molar-refractivity contribution in [3.05, 3.63) is 50.7 Å². The second kappa shape index (κ2) is 7.11. The molecule has 5 N–H and O–H groups in total. The van der Waals surface area contributed by atoms with Crippen molar-refractivity contribution >= 4 is 33.5 Å². The largest absolute Gasteiger partial charge is 0.383 e. The number of halogens is 1. The molecular formula is C14H17BrN4OS. The van der Waals surface area contributed by atoms with Gasteiger partial charge in [0.15, 0.2) is 5.16 Å². The van der Waals surface area contributed by atoms with Gasteiger partial charge in [0.05, 0.1) is 5.25 Å². The third kappa shape index (κ3) is 4.09. The van der Waals surface area contributed by atoms with Crippen LogP contribution in [0.25, 0.3) is 0 Å². The van der Waals surface area contributed by atoms with Crippen LogP contribution in [0.3, 0.4) is 0 Å². The molecule has 2 unspecified atom stereocenters. The monoisotopic (exact) mass is 368 g/mol. The number of nitrogens with two attached hydrogens (primary N) is 2. The molecule has 0 amide bonds. The quantitative estimate of drug-likeness (QED) is 0.556. The number of benzene rings is 1. The molecule has 2 atom stereocenters. The van der Waals surface area contributed by atoms with Crippen LogP contribution in [0.2, 0.25) is 0 Å². The minimum absolute atomic E-state index is 0.0319. The number of nitrogens with one attached hydrogen (secondary N) is 1. The third-order valence-electron chi connectivity index (χ3n) is 3.05. The fraction of sp³-hybridized carbons (Fsp3) is 0.286. The lowest BCUT2D eigenvalue weighted by atomic mass is 10.0. The molecule has 0 aliphatic heterocycles. The fourth-order valence-corrected chi connectivity index (χ4v) is 3.87. The molecule has 7 heteroatoms. The summed E-state index contributed by atoms with van der Waals surface area (Å²) in [5.41, 5.74) is 12.7. The average Bonchev–Trinajstić information content (AvgIpc) is 2.44. The number of anilines is 1. The van der Waals surface area contributed by atoms with Gasteiger partial charge in [0.2, 0.25) is 0 Å². The van der Waals surface area contributed by atoms with Crippen molar-refractivity contribution in [1.29, 1.82) is 0 Å². The predicted molar refractivity (Wildman–Crippen MR) is 90.3 cm³/mol. The molecular weight excluding hydrogens is 352 g/mol. The van der Waals surface area contributed by atoms with Crippen LogP contribution >= 0.6 is 27.7 Å². The molecule has 0 spiro atoms. The highest BCUT2D eigenvalue weighted by Gasteiger charge is 2.23. The highest BCUT2D eigenvalue weighted by Crippen LogP contribution is 2.39. The molecule has 1 heterocycles. The molecule has 0 aliphatic rings. The Morgan fingerprint density at radius 3 is 2.76 bits per heavy atom. The molecule has 0 saturated heterocycles. The highest BCUT2D eigenvalue weighted by molar-refractivity contribution is 9.10. The summed E-state index contributed by atoms with van der Waals surface area (Å²) in [5, 5.41) is 0.445. The van der Waals surface area contributed by atoms with Crippen molar-refractivity contribution in [3.8, 4) is 0 Å². The Labute approximate surface area is 135 Å². The Kier molecular flexibility index (Phi) is 5.44. The van der Waals surface area contributed by atoms with Gasteiger partial charge < -0.3 is 16.5 Å². The van der Waals surface area contributed by atoms with Crippen molar-refractivity contribution < 1.29 is 0 Å². The molecule has 112 valence electrons. The van der Waals surface area contributed by atoms with E-state index in [0.29, 0.717) is 5.16 Å². The Morgan fingerprint density at radius 1 is 1.43 bits per heavy atom. The number of thioether (sulfide) groups is 1. The molecule has 0 radical (unpaired) electrons. The molecule has 1 aromatic carbocycles. The zero-order valence-corrected chi connectivity index (χ0v) is 13.9. The van der Waals surface area contributed by atoms with E-state index >= 15 is 0 Å². The maximum absolute atomic E-state index is 11.5. The Morgan fingerprint density at radius 2 is 2.14 bits per heavy atom. The molecule has 0 aliphatic carbocycles. The van der Waals surface area contributed by atoms with E-state index in [1.165, 1.54) is 17.8 Å². The van der Waals surface area contributed by atoms with Gasteiger partial charge in [-0.25, -0.2) is 4.98 Å². The number of hydrogen-bond acceptors (Lipinski definition) is 5. The van der Waals surface area contributed by atoms with E-state index in [1.807, 2.05) is 31.2 Å². The van der Waals surface area contributed by atoms with Crippen LogP contribution in [-0.4, -0.2) is 16.0 Å². The summed E-state index contributed by atoms with van der Waals surface area (Å²) in [4.78, 5) is 18.4. The predicted octanol–water partition coefficient (Wildman–Crippen LogP) is 2.69. The summed E-state index contributed by atoms with van der Waals surface area (Å²) >= 11 is 4.97. The molecule has 2 rings (SSSR count). The maximum Gasteiger partial charge on any atom is 0.253 e. The van der Waals surface area contributed by atoms with E-state index in [4.69, 9.17) is 11.5 Å². The van der Waals surface area contributed by atoms with Crippen LogP contribution in [0.15, 0.2) is 44.8 Å². The Balaban J connectivity index is 2.37. The van der Waals surface area contributed by atoms with Gasteiger partial charge in [-0.1, -0.05) is 52.8 Å². The summed E-state index contributed by atoms with van der Waals surface area (Å²) in [5.74, 6) is 0.206. The first-order valence-corrected chi connectivity index (χ1v) is 8.22. The number of nitrogens with zero attached hydrogens (tertiary/aromatic N) is 1. The lowest BCUT2D eigenvalue weighted by molar-refractivity contribution is 0.631. The van der Waals surface area contributed by atoms with Crippen LogP contribution in [-0.2, 0) is 0 Å². The third-order valence-corrected chi connectivity index (χ3v) is 5.05. The number of aromatic amines is 1. The second-order valence-electron chi connectivity index (χ2n) is 4.61. The zero-order valence-electron chi connectivity index (χ0n) is 11.5. The Bertz CT molecular complexity index is 676. The van der Waals surface area contributed by atoms with Gasteiger partial charge in [-0.15, -0.1) is 0 Å². The SMILES string of the molecule is CCC(N)C(Sc1nc(N)cc(=O)[nH]1)c1ccccc1Br. The first-order chi connectivity index (χ1) is 10.0. The van der Waals surface area contributed by atoms with E-state index in [9.17, 15) is 4.79 Å². The van der Waals surface area contributed by atoms with Crippen molar-refractivity contribution in [3.63, 3.8) is 0 Å². The number of H-pyrrole nitrogens is 1. The maximum atomic E-state index is 11.5. The molecule has 2 aromatic rings. The van der Waals surface area contributed by atoms with Gasteiger partial charge in [0.1, 0.15) is 5.82 Å². The number of hydrogen-bond donors (Lipinski definition) is 3. The van der Waals surface area contributed by atoms with Crippen molar-refractivity contribution in [1.82, 2.24) is 9.97 Å². The summed E-state index contributed by atoms with van der Waals surface area (Å²) < 4.78 is 0.984. The molecule has 21 heavy (non-hydrogen) atoms. The zero-order chi connectivity index (χ0) is 15.4. The first kappa shape index (κ1) is 16.1. The lowest BCUT2D eigenvalue weighted by Crippen LogP contribution is -2.26. The van der Waals surface area contributed by atoms with Crippen molar-refractivity contribution in [2.75, 3.05) is 5.73 Å². The minimum Gasteiger partial charge on any atom is -0.383 e. The topological polar surface area (TPSA) is 97.8 Å². The van der Waals surface area contributed by atoms with E-state index < -0.39 is 0 Å². The smallest absolute Gasteiger partial charge is 0.253 e. The van der Waals surface area contributed by atoms with Crippen molar-refractivity contribution in [2.45, 2.75) is 29.8 Å². The molecule has 5 nitrogen and oxygen atoms in total. The van der Waals surface area contributed by atoms with Gasteiger partial charge in [0, 0.05) is 16.6 Å². The van der Waals surface area contributed by atoms with Gasteiger partial charge >= 0.3 is 0 Å². The van der Waals surface area contributed by atoms with Crippen LogP contribution in [0, 0.1) is 0 Å². The number of rotatable bonds is 5. The molecule has 1 aromatic heterocycles. The summed E-state index contributed by atoms with van der Waals surface area (Å²) in [6.07, 6.45) is 0.811. The summed E-state index contributed by atoms with van der Waals surface area (Å²) in [6.45, 7) is 2.03. The molecule has 0 fully saturated rings. The molecule has 0 saturated carbocycles. The summed E-state index contributed by atoms with van der Waals surface area (Å²) in [7, 11) is 0. The summed E-state index contributed by atoms with van der Waals surface area (Å²) in [6, 6.07) is 9.10. The Hall–Kier alpha value is -1.31. The normalized spacial score (nSPS) is 13.9. The van der Waals surface area contributed by atoms with Gasteiger partial charge in [0.25, 0.3) is 5.56 Å². The highest BCUT2D eigenvalue weighted by atomic mass is 79.9. The van der Waals surface area contributed by atoms with E-state index in [2.05, 4.69) is 25.9 Å². The van der Waals surface area contributed by atoms with Crippen LogP contribution in [0.5, 0.6) is 0 Å². The van der Waals surface area contributed by atoms with Gasteiger partial charge in [-0.3, -0.25) is 4.79 Å². The van der Waals surface area contributed by atoms with E-state index in [-0.39, 0.29) is 22.7 Å². The van der Waals surface area contributed by atoms with Crippen LogP contribution in [0.1, 0.15) is 24.2 Å². The van der Waals surface area contributed by atoms with Crippen LogP contribution < -0.4 is 17.0 Å². The number of nitrogen functional groups attached to an aromatic ring is 1. The van der Waals surface area contributed by atoms with E-state index in [1.54, 1.807) is 0 Å². The molecule has 0 bridgehead atoms. The van der Waals surface area contributed by atoms with E-state index in [0.717, 1.165) is 16.5 Å². The number of aromatic nitrogens is 2. The first-order valence-electron chi connectivity index (χ1n) is 6.54. The average molecular weight is 369 g/mol.